The first-order chi connectivity index (χ1) is 9.47. The maximum atomic E-state index is 5.44. The van der Waals surface area contributed by atoms with Crippen molar-refractivity contribution in [3.8, 4) is 17.2 Å². The summed E-state index contributed by atoms with van der Waals surface area (Å²) in [5.74, 6) is 2.21. The molecule has 1 aromatic carbocycles. The van der Waals surface area contributed by atoms with E-state index in [1.165, 1.54) is 0 Å². The number of ether oxygens (including phenoxy) is 3. The zero-order chi connectivity index (χ0) is 15.2. The molecule has 0 saturated carbocycles. The van der Waals surface area contributed by atoms with Gasteiger partial charge in [0.1, 0.15) is 5.75 Å². The van der Waals surface area contributed by atoms with E-state index in [0.717, 1.165) is 36.4 Å². The second-order valence-electron chi connectivity index (χ2n) is 5.51. The van der Waals surface area contributed by atoms with Crippen LogP contribution in [-0.2, 0) is 6.54 Å². The molecular weight excluding hydrogens is 254 g/mol. The van der Waals surface area contributed by atoms with Gasteiger partial charge in [-0.05, 0) is 26.3 Å². The van der Waals surface area contributed by atoms with Crippen LogP contribution in [0.15, 0.2) is 12.1 Å². The van der Waals surface area contributed by atoms with Gasteiger partial charge in [0, 0.05) is 23.7 Å². The number of benzene rings is 1. The summed E-state index contributed by atoms with van der Waals surface area (Å²) in [4.78, 5) is 0. The number of hydrogen-bond acceptors (Lipinski definition) is 4. The largest absolute Gasteiger partial charge is 0.496 e. The van der Waals surface area contributed by atoms with Crippen molar-refractivity contribution in [1.82, 2.24) is 5.32 Å². The number of methoxy groups -OCH3 is 3. The first-order valence-corrected chi connectivity index (χ1v) is 7.01. The van der Waals surface area contributed by atoms with Gasteiger partial charge in [-0.2, -0.15) is 0 Å². The molecule has 0 unspecified atom stereocenters. The third kappa shape index (κ3) is 4.30. The fraction of sp³-hybridized carbons (Fsp3) is 0.625. The van der Waals surface area contributed by atoms with Crippen molar-refractivity contribution in [1.29, 1.82) is 0 Å². The lowest BCUT2D eigenvalue weighted by molar-refractivity contribution is 0.337. The zero-order valence-corrected chi connectivity index (χ0v) is 13.5. The van der Waals surface area contributed by atoms with Crippen molar-refractivity contribution in [2.24, 2.45) is 0 Å². The molecule has 1 rings (SSSR count). The summed E-state index contributed by atoms with van der Waals surface area (Å²) in [5, 5.41) is 3.56. The molecule has 0 aliphatic rings. The van der Waals surface area contributed by atoms with Crippen LogP contribution < -0.4 is 19.5 Å². The lowest BCUT2D eigenvalue weighted by Gasteiger charge is -2.26. The Hall–Kier alpha value is -1.42. The molecule has 0 amide bonds. The smallest absolute Gasteiger partial charge is 0.164 e. The van der Waals surface area contributed by atoms with Gasteiger partial charge in [0.25, 0.3) is 0 Å². The Balaban J connectivity index is 2.93. The van der Waals surface area contributed by atoms with Crippen LogP contribution in [0.2, 0.25) is 0 Å². The van der Waals surface area contributed by atoms with Crippen LogP contribution in [0.1, 0.15) is 39.2 Å². The molecule has 114 valence electrons. The second kappa shape index (κ2) is 7.39. The Morgan fingerprint density at radius 3 is 2.00 bits per heavy atom. The fourth-order valence-corrected chi connectivity index (χ4v) is 2.28. The molecule has 0 radical (unpaired) electrons. The van der Waals surface area contributed by atoms with Crippen LogP contribution in [0.3, 0.4) is 0 Å². The quantitative estimate of drug-likeness (QED) is 0.793. The van der Waals surface area contributed by atoms with E-state index in [1.807, 2.05) is 12.1 Å². The summed E-state index contributed by atoms with van der Waals surface area (Å²) in [7, 11) is 4.93. The molecule has 0 aromatic heterocycles. The molecule has 4 heteroatoms. The van der Waals surface area contributed by atoms with E-state index in [-0.39, 0.29) is 5.54 Å². The minimum absolute atomic E-state index is 0.104. The zero-order valence-electron chi connectivity index (χ0n) is 13.5. The minimum Gasteiger partial charge on any atom is -0.496 e. The highest BCUT2D eigenvalue weighted by Gasteiger charge is 2.18. The van der Waals surface area contributed by atoms with Crippen molar-refractivity contribution < 1.29 is 14.2 Å². The Kier molecular flexibility index (Phi) is 6.14. The summed E-state index contributed by atoms with van der Waals surface area (Å²) >= 11 is 0. The highest BCUT2D eigenvalue weighted by molar-refractivity contribution is 5.50. The van der Waals surface area contributed by atoms with Gasteiger partial charge in [0.2, 0.25) is 0 Å². The SMILES string of the molecule is CCCC(C)(C)NCc1cc(OC)c(OC)cc1OC. The molecule has 0 bridgehead atoms. The highest BCUT2D eigenvalue weighted by Crippen LogP contribution is 2.34. The van der Waals surface area contributed by atoms with Crippen molar-refractivity contribution in [3.63, 3.8) is 0 Å². The molecule has 0 saturated heterocycles. The van der Waals surface area contributed by atoms with Crippen molar-refractivity contribution >= 4 is 0 Å². The standard InChI is InChI=1S/C16H27NO3/c1-7-8-16(2,3)17-11-12-9-14(19-5)15(20-6)10-13(12)18-4/h9-10,17H,7-8,11H2,1-6H3. The minimum atomic E-state index is 0.104. The molecule has 0 fully saturated rings. The average molecular weight is 281 g/mol. The van der Waals surface area contributed by atoms with Gasteiger partial charge in [-0.1, -0.05) is 13.3 Å². The summed E-state index contributed by atoms with van der Waals surface area (Å²) in [6.45, 7) is 7.35. The molecule has 0 spiro atoms. The first kappa shape index (κ1) is 16.6. The van der Waals surface area contributed by atoms with E-state index >= 15 is 0 Å². The number of nitrogens with one attached hydrogen (secondary N) is 1. The van der Waals surface area contributed by atoms with Crippen molar-refractivity contribution in [2.45, 2.75) is 45.7 Å². The van der Waals surface area contributed by atoms with Gasteiger partial charge in [-0.15, -0.1) is 0 Å². The third-order valence-electron chi connectivity index (χ3n) is 3.42. The third-order valence-corrected chi connectivity index (χ3v) is 3.42. The van der Waals surface area contributed by atoms with Crippen LogP contribution in [0.25, 0.3) is 0 Å². The van der Waals surface area contributed by atoms with Gasteiger partial charge in [0.15, 0.2) is 11.5 Å². The van der Waals surface area contributed by atoms with Gasteiger partial charge in [-0.25, -0.2) is 0 Å². The second-order valence-corrected chi connectivity index (χ2v) is 5.51. The monoisotopic (exact) mass is 281 g/mol. The molecule has 0 aliphatic heterocycles. The normalized spacial score (nSPS) is 11.3. The molecule has 4 nitrogen and oxygen atoms in total. The molecule has 1 aromatic rings. The van der Waals surface area contributed by atoms with Crippen LogP contribution in [0, 0.1) is 0 Å². The maximum Gasteiger partial charge on any atom is 0.164 e. The summed E-state index contributed by atoms with van der Waals surface area (Å²) in [6.07, 6.45) is 2.28. The van der Waals surface area contributed by atoms with Gasteiger partial charge < -0.3 is 19.5 Å². The van der Waals surface area contributed by atoms with E-state index in [4.69, 9.17) is 14.2 Å². The van der Waals surface area contributed by atoms with Crippen LogP contribution >= 0.6 is 0 Å². The summed E-state index contributed by atoms with van der Waals surface area (Å²) in [6, 6.07) is 3.83. The van der Waals surface area contributed by atoms with Gasteiger partial charge in [0.05, 0.1) is 21.3 Å². The van der Waals surface area contributed by atoms with E-state index in [9.17, 15) is 0 Å². The maximum absolute atomic E-state index is 5.44. The summed E-state index contributed by atoms with van der Waals surface area (Å²) in [5.41, 5.74) is 1.17. The molecule has 1 N–H and O–H groups in total. The topological polar surface area (TPSA) is 39.7 Å². The predicted octanol–water partition coefficient (Wildman–Crippen LogP) is 3.38. The van der Waals surface area contributed by atoms with E-state index in [1.54, 1.807) is 21.3 Å². The van der Waals surface area contributed by atoms with Crippen LogP contribution in [-0.4, -0.2) is 26.9 Å². The molecule has 0 heterocycles. The Labute approximate surface area is 122 Å². The van der Waals surface area contributed by atoms with Crippen LogP contribution in [0.5, 0.6) is 17.2 Å². The molecular formula is C16H27NO3. The van der Waals surface area contributed by atoms with E-state index in [0.29, 0.717) is 5.75 Å². The van der Waals surface area contributed by atoms with Crippen molar-refractivity contribution in [3.05, 3.63) is 17.7 Å². The average Bonchev–Trinajstić information content (AvgIpc) is 2.44. The van der Waals surface area contributed by atoms with Gasteiger partial charge in [-0.3, -0.25) is 0 Å². The Morgan fingerprint density at radius 2 is 1.50 bits per heavy atom. The molecule has 0 atom stereocenters. The number of hydrogen-bond donors (Lipinski definition) is 1. The lowest BCUT2D eigenvalue weighted by atomic mass is 9.98. The number of rotatable bonds is 8. The molecule has 20 heavy (non-hydrogen) atoms. The lowest BCUT2D eigenvalue weighted by Crippen LogP contribution is -2.38. The van der Waals surface area contributed by atoms with Crippen molar-refractivity contribution in [2.75, 3.05) is 21.3 Å². The van der Waals surface area contributed by atoms with E-state index < -0.39 is 0 Å². The summed E-state index contributed by atoms with van der Waals surface area (Å²) < 4.78 is 16.1. The van der Waals surface area contributed by atoms with E-state index in [2.05, 4.69) is 26.1 Å². The van der Waals surface area contributed by atoms with Crippen LogP contribution in [0.4, 0.5) is 0 Å². The molecule has 0 aliphatic carbocycles. The highest BCUT2D eigenvalue weighted by atomic mass is 16.5. The Morgan fingerprint density at radius 1 is 0.950 bits per heavy atom. The van der Waals surface area contributed by atoms with Gasteiger partial charge >= 0.3 is 0 Å². The Bertz CT molecular complexity index is 430. The first-order valence-electron chi connectivity index (χ1n) is 7.01. The predicted molar refractivity (Wildman–Crippen MR) is 81.9 cm³/mol. The fourth-order valence-electron chi connectivity index (χ4n) is 2.28.